The largest absolute Gasteiger partial charge is 0.389 e. The molecule has 1 unspecified atom stereocenters. The van der Waals surface area contributed by atoms with E-state index in [0.717, 1.165) is 25.0 Å². The molecule has 0 saturated heterocycles. The number of pyridine rings is 1. The summed E-state index contributed by atoms with van der Waals surface area (Å²) in [4.78, 5) is 4.44. The maximum absolute atomic E-state index is 10.4. The van der Waals surface area contributed by atoms with Crippen LogP contribution in [0.5, 0.6) is 0 Å². The maximum atomic E-state index is 10.4. The number of rotatable bonds is 8. The normalized spacial score (nSPS) is 13.8. The molecule has 0 fully saturated rings. The van der Waals surface area contributed by atoms with E-state index in [0.29, 0.717) is 12.5 Å². The van der Waals surface area contributed by atoms with Crippen LogP contribution in [0.25, 0.3) is 0 Å². The molecular weight excluding hydrogens is 236 g/mol. The van der Waals surface area contributed by atoms with Gasteiger partial charge in [0.05, 0.1) is 11.3 Å². The topological polar surface area (TPSA) is 45.1 Å². The van der Waals surface area contributed by atoms with E-state index in [1.165, 1.54) is 0 Å². The van der Waals surface area contributed by atoms with E-state index in [1.54, 1.807) is 0 Å². The predicted octanol–water partition coefficient (Wildman–Crippen LogP) is 3.31. The molecule has 19 heavy (non-hydrogen) atoms. The van der Waals surface area contributed by atoms with E-state index >= 15 is 0 Å². The van der Waals surface area contributed by atoms with Gasteiger partial charge in [0.1, 0.15) is 0 Å². The van der Waals surface area contributed by atoms with Crippen molar-refractivity contribution in [2.24, 2.45) is 5.92 Å². The van der Waals surface area contributed by atoms with Crippen LogP contribution in [0.15, 0.2) is 24.4 Å². The van der Waals surface area contributed by atoms with Crippen LogP contribution in [0.4, 0.5) is 0 Å². The van der Waals surface area contributed by atoms with Crippen LogP contribution < -0.4 is 5.32 Å². The Morgan fingerprint density at radius 1 is 1.26 bits per heavy atom. The Labute approximate surface area is 117 Å². The quantitative estimate of drug-likeness (QED) is 0.757. The van der Waals surface area contributed by atoms with Crippen molar-refractivity contribution < 1.29 is 5.11 Å². The summed E-state index contributed by atoms with van der Waals surface area (Å²) in [6.45, 7) is 9.10. The van der Waals surface area contributed by atoms with Crippen molar-refractivity contribution >= 4 is 0 Å². The molecule has 0 amide bonds. The summed E-state index contributed by atoms with van der Waals surface area (Å²) in [5.74, 6) is 0.593. The number of hydrogen-bond donors (Lipinski definition) is 2. The van der Waals surface area contributed by atoms with Crippen molar-refractivity contribution in [3.63, 3.8) is 0 Å². The average molecular weight is 264 g/mol. The molecule has 2 N–H and O–H groups in total. The molecule has 3 heteroatoms. The lowest BCUT2D eigenvalue weighted by atomic mass is 9.95. The maximum Gasteiger partial charge on any atom is 0.0766 e. The van der Waals surface area contributed by atoms with Crippen molar-refractivity contribution in [3.8, 4) is 0 Å². The van der Waals surface area contributed by atoms with E-state index < -0.39 is 5.60 Å². The summed E-state index contributed by atoms with van der Waals surface area (Å²) in [5, 5.41) is 13.9. The molecule has 0 aromatic carbocycles. The predicted molar refractivity (Wildman–Crippen MR) is 80.0 cm³/mol. The Balaban J connectivity index is 2.71. The Hall–Kier alpha value is -0.930. The minimum Gasteiger partial charge on any atom is -0.389 e. The van der Waals surface area contributed by atoms with E-state index in [2.05, 4.69) is 30.2 Å². The van der Waals surface area contributed by atoms with E-state index in [-0.39, 0.29) is 6.04 Å². The van der Waals surface area contributed by atoms with Crippen LogP contribution in [0.1, 0.15) is 58.7 Å². The van der Waals surface area contributed by atoms with Crippen LogP contribution >= 0.6 is 0 Å². The van der Waals surface area contributed by atoms with Gasteiger partial charge in [-0.3, -0.25) is 4.98 Å². The van der Waals surface area contributed by atoms with Gasteiger partial charge in [-0.05, 0) is 37.3 Å². The smallest absolute Gasteiger partial charge is 0.0766 e. The molecule has 0 spiro atoms. The van der Waals surface area contributed by atoms with Gasteiger partial charge in [-0.2, -0.15) is 0 Å². The standard InChI is InChI=1S/C16H28N2O/c1-5-16(19,6-2)12-18-15(11-13(3)4)14-9-7-8-10-17-14/h7-10,13,15,18-19H,5-6,11-12H2,1-4H3. The third-order valence-corrected chi connectivity index (χ3v) is 3.75. The number of aromatic nitrogens is 1. The fourth-order valence-electron chi connectivity index (χ4n) is 2.18. The molecule has 0 bridgehead atoms. The van der Waals surface area contributed by atoms with Gasteiger partial charge in [0.15, 0.2) is 0 Å². The van der Waals surface area contributed by atoms with Crippen molar-refractivity contribution in [3.05, 3.63) is 30.1 Å². The van der Waals surface area contributed by atoms with Gasteiger partial charge in [0.2, 0.25) is 0 Å². The molecule has 0 saturated carbocycles. The zero-order valence-electron chi connectivity index (χ0n) is 12.7. The van der Waals surface area contributed by atoms with Crippen molar-refractivity contribution in [2.45, 2.75) is 58.6 Å². The van der Waals surface area contributed by atoms with Crippen molar-refractivity contribution in [1.29, 1.82) is 0 Å². The summed E-state index contributed by atoms with van der Waals surface area (Å²) >= 11 is 0. The Bertz CT molecular complexity index is 347. The second kappa shape index (κ2) is 7.61. The lowest BCUT2D eigenvalue weighted by molar-refractivity contribution is 0.0290. The lowest BCUT2D eigenvalue weighted by Gasteiger charge is -2.29. The Kier molecular flexibility index (Phi) is 6.46. The van der Waals surface area contributed by atoms with Crippen molar-refractivity contribution in [1.82, 2.24) is 10.3 Å². The average Bonchev–Trinajstić information content (AvgIpc) is 2.43. The van der Waals surface area contributed by atoms with Gasteiger partial charge in [0, 0.05) is 18.8 Å². The highest BCUT2D eigenvalue weighted by molar-refractivity contribution is 5.09. The second-order valence-electron chi connectivity index (χ2n) is 5.75. The second-order valence-corrected chi connectivity index (χ2v) is 5.75. The molecular formula is C16H28N2O. The van der Waals surface area contributed by atoms with E-state index in [1.807, 2.05) is 32.2 Å². The SMILES string of the molecule is CCC(O)(CC)CNC(CC(C)C)c1ccccn1. The third kappa shape index (κ3) is 5.29. The van der Waals surface area contributed by atoms with Crippen LogP contribution in [0, 0.1) is 5.92 Å². The molecule has 1 rings (SSSR count). The summed E-state index contributed by atoms with van der Waals surface area (Å²) in [7, 11) is 0. The van der Waals surface area contributed by atoms with Crippen LogP contribution in [0.3, 0.4) is 0 Å². The minimum atomic E-state index is -0.607. The van der Waals surface area contributed by atoms with Gasteiger partial charge in [-0.1, -0.05) is 33.8 Å². The summed E-state index contributed by atoms with van der Waals surface area (Å²) < 4.78 is 0. The van der Waals surface area contributed by atoms with Gasteiger partial charge in [0.25, 0.3) is 0 Å². The summed E-state index contributed by atoms with van der Waals surface area (Å²) in [6.07, 6.45) is 4.40. The van der Waals surface area contributed by atoms with E-state index in [4.69, 9.17) is 0 Å². The zero-order valence-corrected chi connectivity index (χ0v) is 12.7. The molecule has 0 aliphatic carbocycles. The fourth-order valence-corrected chi connectivity index (χ4v) is 2.18. The highest BCUT2D eigenvalue weighted by atomic mass is 16.3. The zero-order chi connectivity index (χ0) is 14.3. The molecule has 1 heterocycles. The van der Waals surface area contributed by atoms with Crippen LogP contribution in [0.2, 0.25) is 0 Å². The highest BCUT2D eigenvalue weighted by Gasteiger charge is 2.24. The number of nitrogens with zero attached hydrogens (tertiary/aromatic N) is 1. The minimum absolute atomic E-state index is 0.214. The third-order valence-electron chi connectivity index (χ3n) is 3.75. The molecule has 0 radical (unpaired) electrons. The molecule has 3 nitrogen and oxygen atoms in total. The molecule has 1 aromatic heterocycles. The first-order valence-corrected chi connectivity index (χ1v) is 7.37. The lowest BCUT2D eigenvalue weighted by Crippen LogP contribution is -2.41. The fraction of sp³-hybridized carbons (Fsp3) is 0.688. The van der Waals surface area contributed by atoms with Gasteiger partial charge >= 0.3 is 0 Å². The summed E-state index contributed by atoms with van der Waals surface area (Å²) in [5.41, 5.74) is 0.454. The van der Waals surface area contributed by atoms with Gasteiger partial charge in [-0.25, -0.2) is 0 Å². The van der Waals surface area contributed by atoms with Crippen molar-refractivity contribution in [2.75, 3.05) is 6.54 Å². The van der Waals surface area contributed by atoms with Gasteiger partial charge in [-0.15, -0.1) is 0 Å². The Morgan fingerprint density at radius 3 is 2.42 bits per heavy atom. The number of nitrogens with one attached hydrogen (secondary N) is 1. The first-order valence-electron chi connectivity index (χ1n) is 7.37. The first-order chi connectivity index (χ1) is 9.00. The molecule has 108 valence electrons. The van der Waals surface area contributed by atoms with Gasteiger partial charge < -0.3 is 10.4 Å². The number of aliphatic hydroxyl groups is 1. The molecule has 1 atom stereocenters. The highest BCUT2D eigenvalue weighted by Crippen LogP contribution is 2.21. The molecule has 0 aliphatic rings. The van der Waals surface area contributed by atoms with E-state index in [9.17, 15) is 5.11 Å². The molecule has 1 aromatic rings. The first kappa shape index (κ1) is 16.1. The van der Waals surface area contributed by atoms with Crippen LogP contribution in [-0.4, -0.2) is 22.2 Å². The molecule has 0 aliphatic heterocycles. The Morgan fingerprint density at radius 2 is 1.95 bits per heavy atom. The number of hydrogen-bond acceptors (Lipinski definition) is 3. The van der Waals surface area contributed by atoms with Crippen LogP contribution in [-0.2, 0) is 0 Å². The summed E-state index contributed by atoms with van der Waals surface area (Å²) in [6, 6.07) is 6.22. The monoisotopic (exact) mass is 264 g/mol.